The molecule has 0 spiro atoms. The molecule has 3 rings (SSSR count). The van der Waals surface area contributed by atoms with Gasteiger partial charge in [0.1, 0.15) is 11.6 Å². The molecule has 3 nitrogen and oxygen atoms in total. The van der Waals surface area contributed by atoms with E-state index in [1.807, 2.05) is 18.2 Å². The van der Waals surface area contributed by atoms with Crippen molar-refractivity contribution in [3.63, 3.8) is 0 Å². The Morgan fingerprint density at radius 3 is 2.76 bits per heavy atom. The standard InChI is InChI=1S/C16H15ClFN3/c1-2-7-21-15-6-4-11(17)9-14(15)20-16(21)10-3-5-12(18)13(19)8-10/h3-6,8-9H,2,7,19H2,1H3. The first-order chi connectivity index (χ1) is 10.1. The number of nitrogens with zero attached hydrogens (tertiary/aromatic N) is 2. The number of rotatable bonds is 3. The maximum atomic E-state index is 13.4. The van der Waals surface area contributed by atoms with Crippen molar-refractivity contribution in [3.8, 4) is 11.4 Å². The zero-order chi connectivity index (χ0) is 15.0. The third-order valence-electron chi connectivity index (χ3n) is 3.41. The number of hydrogen-bond acceptors (Lipinski definition) is 2. The molecule has 108 valence electrons. The Hall–Kier alpha value is -2.07. The summed E-state index contributed by atoms with van der Waals surface area (Å²) in [5.74, 6) is 0.362. The second-order valence-corrected chi connectivity index (χ2v) is 5.39. The van der Waals surface area contributed by atoms with E-state index in [4.69, 9.17) is 17.3 Å². The Balaban J connectivity index is 2.24. The fraction of sp³-hybridized carbons (Fsp3) is 0.188. The molecular weight excluding hydrogens is 289 g/mol. The average Bonchev–Trinajstić information content (AvgIpc) is 2.80. The Morgan fingerprint density at radius 2 is 2.05 bits per heavy atom. The molecule has 5 heteroatoms. The predicted molar refractivity (Wildman–Crippen MR) is 84.8 cm³/mol. The summed E-state index contributed by atoms with van der Waals surface area (Å²) in [5, 5.41) is 0.647. The molecule has 21 heavy (non-hydrogen) atoms. The minimum Gasteiger partial charge on any atom is -0.396 e. The molecule has 0 saturated carbocycles. The van der Waals surface area contributed by atoms with Crippen molar-refractivity contribution in [1.82, 2.24) is 9.55 Å². The molecule has 3 aromatic rings. The summed E-state index contributed by atoms with van der Waals surface area (Å²) in [7, 11) is 0. The monoisotopic (exact) mass is 303 g/mol. The zero-order valence-corrected chi connectivity index (χ0v) is 12.4. The zero-order valence-electron chi connectivity index (χ0n) is 11.6. The molecule has 0 aliphatic carbocycles. The number of hydrogen-bond donors (Lipinski definition) is 1. The summed E-state index contributed by atoms with van der Waals surface area (Å²) >= 11 is 6.03. The van der Waals surface area contributed by atoms with Crippen molar-refractivity contribution in [2.24, 2.45) is 0 Å². The van der Waals surface area contributed by atoms with Crippen molar-refractivity contribution in [2.45, 2.75) is 19.9 Å². The summed E-state index contributed by atoms with van der Waals surface area (Å²) in [5.41, 5.74) is 8.43. The lowest BCUT2D eigenvalue weighted by atomic mass is 10.2. The van der Waals surface area contributed by atoms with Crippen LogP contribution in [-0.2, 0) is 6.54 Å². The van der Waals surface area contributed by atoms with Crippen molar-refractivity contribution in [1.29, 1.82) is 0 Å². The van der Waals surface area contributed by atoms with E-state index in [0.29, 0.717) is 5.02 Å². The van der Waals surface area contributed by atoms with E-state index in [0.717, 1.165) is 35.4 Å². The topological polar surface area (TPSA) is 43.8 Å². The van der Waals surface area contributed by atoms with Crippen LogP contribution in [0.25, 0.3) is 22.4 Å². The van der Waals surface area contributed by atoms with Gasteiger partial charge < -0.3 is 10.3 Å². The molecular formula is C16H15ClFN3. The highest BCUT2D eigenvalue weighted by molar-refractivity contribution is 6.31. The summed E-state index contributed by atoms with van der Waals surface area (Å²) < 4.78 is 15.5. The SMILES string of the molecule is CCCn1c(-c2ccc(F)c(N)c2)nc2cc(Cl)ccc21. The lowest BCUT2D eigenvalue weighted by molar-refractivity contribution is 0.632. The maximum absolute atomic E-state index is 13.4. The van der Waals surface area contributed by atoms with Crippen LogP contribution >= 0.6 is 11.6 Å². The van der Waals surface area contributed by atoms with Crippen LogP contribution in [0.5, 0.6) is 0 Å². The highest BCUT2D eigenvalue weighted by Crippen LogP contribution is 2.28. The van der Waals surface area contributed by atoms with E-state index < -0.39 is 5.82 Å². The van der Waals surface area contributed by atoms with Gasteiger partial charge in [-0.15, -0.1) is 0 Å². The van der Waals surface area contributed by atoms with Crippen LogP contribution in [0.1, 0.15) is 13.3 Å². The quantitative estimate of drug-likeness (QED) is 0.725. The number of fused-ring (bicyclic) bond motifs is 1. The van der Waals surface area contributed by atoms with Gasteiger partial charge in [-0.3, -0.25) is 0 Å². The van der Waals surface area contributed by atoms with E-state index >= 15 is 0 Å². The van der Waals surface area contributed by atoms with Gasteiger partial charge in [-0.05, 0) is 42.8 Å². The minimum atomic E-state index is -0.417. The molecule has 2 aromatic carbocycles. The molecule has 0 saturated heterocycles. The van der Waals surface area contributed by atoms with Gasteiger partial charge in [0, 0.05) is 17.1 Å². The highest BCUT2D eigenvalue weighted by Gasteiger charge is 2.13. The number of aromatic nitrogens is 2. The van der Waals surface area contributed by atoms with E-state index in [1.54, 1.807) is 12.1 Å². The lowest BCUT2D eigenvalue weighted by Crippen LogP contribution is -2.00. The molecule has 1 aromatic heterocycles. The van der Waals surface area contributed by atoms with Crippen molar-refractivity contribution < 1.29 is 4.39 Å². The van der Waals surface area contributed by atoms with Crippen LogP contribution in [0.4, 0.5) is 10.1 Å². The van der Waals surface area contributed by atoms with E-state index in [-0.39, 0.29) is 5.69 Å². The van der Waals surface area contributed by atoms with E-state index in [9.17, 15) is 4.39 Å². The van der Waals surface area contributed by atoms with Gasteiger partial charge in [0.2, 0.25) is 0 Å². The number of halogens is 2. The van der Waals surface area contributed by atoms with Gasteiger partial charge in [0.15, 0.2) is 0 Å². The van der Waals surface area contributed by atoms with Crippen LogP contribution in [0.3, 0.4) is 0 Å². The number of aryl methyl sites for hydroxylation is 1. The molecule has 2 N–H and O–H groups in total. The molecule has 0 aliphatic heterocycles. The van der Waals surface area contributed by atoms with Gasteiger partial charge in [-0.25, -0.2) is 9.37 Å². The number of nitrogen functional groups attached to an aromatic ring is 1. The Kier molecular flexibility index (Phi) is 3.55. The van der Waals surface area contributed by atoms with Gasteiger partial charge in [-0.1, -0.05) is 18.5 Å². The van der Waals surface area contributed by atoms with Crippen LogP contribution in [0.15, 0.2) is 36.4 Å². The third-order valence-corrected chi connectivity index (χ3v) is 3.65. The average molecular weight is 304 g/mol. The number of benzene rings is 2. The maximum Gasteiger partial charge on any atom is 0.146 e. The van der Waals surface area contributed by atoms with Gasteiger partial charge in [-0.2, -0.15) is 0 Å². The molecule has 0 amide bonds. The minimum absolute atomic E-state index is 0.126. The van der Waals surface area contributed by atoms with E-state index in [2.05, 4.69) is 16.5 Å². The molecule has 0 unspecified atom stereocenters. The van der Waals surface area contributed by atoms with Crippen LogP contribution < -0.4 is 5.73 Å². The van der Waals surface area contributed by atoms with E-state index in [1.165, 1.54) is 6.07 Å². The number of nitrogens with two attached hydrogens (primary N) is 1. The van der Waals surface area contributed by atoms with Crippen LogP contribution in [0, 0.1) is 5.82 Å². The molecule has 0 radical (unpaired) electrons. The second-order valence-electron chi connectivity index (χ2n) is 4.96. The second kappa shape index (κ2) is 5.37. The summed E-state index contributed by atoms with van der Waals surface area (Å²) in [6.45, 7) is 2.93. The van der Waals surface area contributed by atoms with Crippen molar-refractivity contribution in [3.05, 3.63) is 47.2 Å². The summed E-state index contributed by atoms with van der Waals surface area (Å²) in [4.78, 5) is 4.63. The normalized spacial score (nSPS) is 11.2. The van der Waals surface area contributed by atoms with Gasteiger partial charge in [0.05, 0.1) is 16.7 Å². The Bertz CT molecular complexity index is 811. The fourth-order valence-electron chi connectivity index (χ4n) is 2.46. The van der Waals surface area contributed by atoms with Crippen LogP contribution in [0.2, 0.25) is 5.02 Å². The summed E-state index contributed by atoms with van der Waals surface area (Å²) in [6, 6.07) is 10.3. The van der Waals surface area contributed by atoms with Crippen LogP contribution in [-0.4, -0.2) is 9.55 Å². The summed E-state index contributed by atoms with van der Waals surface area (Å²) in [6.07, 6.45) is 0.970. The fourth-order valence-corrected chi connectivity index (χ4v) is 2.62. The number of imidazole rings is 1. The Morgan fingerprint density at radius 1 is 1.24 bits per heavy atom. The Labute approximate surface area is 127 Å². The van der Waals surface area contributed by atoms with Gasteiger partial charge >= 0.3 is 0 Å². The predicted octanol–water partition coefficient (Wildman–Crippen LogP) is 4.49. The molecule has 1 heterocycles. The smallest absolute Gasteiger partial charge is 0.146 e. The first-order valence-electron chi connectivity index (χ1n) is 6.81. The van der Waals surface area contributed by atoms with Gasteiger partial charge in [0.25, 0.3) is 0 Å². The van der Waals surface area contributed by atoms with Crippen molar-refractivity contribution >= 4 is 28.3 Å². The lowest BCUT2D eigenvalue weighted by Gasteiger charge is -2.08. The molecule has 0 atom stereocenters. The first-order valence-corrected chi connectivity index (χ1v) is 7.19. The molecule has 0 aliphatic rings. The molecule has 0 fully saturated rings. The first kappa shape index (κ1) is 13.9. The van der Waals surface area contributed by atoms with Crippen molar-refractivity contribution in [2.75, 3.05) is 5.73 Å². The molecule has 0 bridgehead atoms. The largest absolute Gasteiger partial charge is 0.396 e. The number of anilines is 1. The highest BCUT2D eigenvalue weighted by atomic mass is 35.5. The third kappa shape index (κ3) is 2.47.